The normalized spacial score (nSPS) is 9.19. The summed E-state index contributed by atoms with van der Waals surface area (Å²) in [5.41, 5.74) is 1.71. The highest BCUT2D eigenvalue weighted by Crippen LogP contribution is 2.14. The third-order valence-corrected chi connectivity index (χ3v) is 2.06. The van der Waals surface area contributed by atoms with Crippen LogP contribution in [0.15, 0.2) is 36.7 Å². The zero-order chi connectivity index (χ0) is 12.0. The number of benzene rings is 1. The molecule has 0 saturated heterocycles. The average molecular weight is 218 g/mol. The minimum absolute atomic E-state index is 0. The number of Topliss-reactive ketones (excluding diaryl/α,β-unsaturated/α-hetero) is 1. The van der Waals surface area contributed by atoms with E-state index in [9.17, 15) is 4.79 Å². The van der Waals surface area contributed by atoms with E-state index in [1.807, 2.05) is 26.0 Å². The van der Waals surface area contributed by atoms with Gasteiger partial charge in [-0.05, 0) is 6.92 Å². The highest BCUT2D eigenvalue weighted by Gasteiger charge is 2.01. The Morgan fingerprint density at radius 2 is 1.88 bits per heavy atom. The summed E-state index contributed by atoms with van der Waals surface area (Å²) >= 11 is 0. The fraction of sp³-hybridized carbons (Fsp3) is 0.231. The number of aromatic amines is 1. The minimum Gasteiger partial charge on any atom is -0.345 e. The molecule has 0 amide bonds. The maximum Gasteiger partial charge on any atom is 0.159 e. The molecule has 16 heavy (non-hydrogen) atoms. The van der Waals surface area contributed by atoms with Gasteiger partial charge in [0.15, 0.2) is 5.78 Å². The van der Waals surface area contributed by atoms with Crippen molar-refractivity contribution in [1.82, 2.24) is 9.97 Å². The first-order valence-corrected chi connectivity index (χ1v) is 5.38. The maximum absolute atomic E-state index is 11.0. The van der Waals surface area contributed by atoms with Gasteiger partial charge in [0, 0.05) is 24.9 Å². The molecule has 0 radical (unpaired) electrons. The van der Waals surface area contributed by atoms with Gasteiger partial charge in [0.2, 0.25) is 0 Å². The van der Waals surface area contributed by atoms with Gasteiger partial charge in [0.05, 0.1) is 0 Å². The molecule has 0 fully saturated rings. The van der Waals surface area contributed by atoms with Gasteiger partial charge < -0.3 is 4.98 Å². The molecule has 0 saturated carbocycles. The number of nitrogens with zero attached hydrogens (tertiary/aromatic N) is 1. The van der Waals surface area contributed by atoms with Crippen molar-refractivity contribution in [2.75, 3.05) is 0 Å². The highest BCUT2D eigenvalue weighted by molar-refractivity contribution is 5.94. The van der Waals surface area contributed by atoms with Crippen LogP contribution >= 0.6 is 0 Å². The van der Waals surface area contributed by atoms with Gasteiger partial charge in [-0.3, -0.25) is 4.79 Å². The van der Waals surface area contributed by atoms with Crippen molar-refractivity contribution in [3.63, 3.8) is 0 Å². The predicted molar refractivity (Wildman–Crippen MR) is 67.5 cm³/mol. The molecular weight excluding hydrogens is 200 g/mol. The van der Waals surface area contributed by atoms with Gasteiger partial charge in [-0.15, -0.1) is 0 Å². The molecule has 3 nitrogen and oxygen atoms in total. The average Bonchev–Trinajstić information content (AvgIpc) is 2.85. The molecular formula is C13H18N2O. The first kappa shape index (κ1) is 12.2. The summed E-state index contributed by atoms with van der Waals surface area (Å²) in [6.45, 7) is 5.56. The van der Waals surface area contributed by atoms with E-state index in [4.69, 9.17) is 0 Å². The molecule has 0 unspecified atom stereocenters. The lowest BCUT2D eigenvalue weighted by Gasteiger charge is -1.98. The Morgan fingerprint density at radius 1 is 1.25 bits per heavy atom. The van der Waals surface area contributed by atoms with E-state index >= 15 is 0 Å². The molecule has 0 aliphatic heterocycles. The monoisotopic (exact) mass is 218 g/mol. The molecule has 0 bridgehead atoms. The number of nitrogens with one attached hydrogen (secondary N) is 1. The second-order valence-corrected chi connectivity index (χ2v) is 3.07. The Morgan fingerprint density at radius 3 is 2.31 bits per heavy atom. The van der Waals surface area contributed by atoms with E-state index in [0.29, 0.717) is 0 Å². The number of hydrogen-bond acceptors (Lipinski definition) is 2. The summed E-state index contributed by atoms with van der Waals surface area (Å²) in [6, 6.07) is 7.38. The van der Waals surface area contributed by atoms with Crippen molar-refractivity contribution >= 4 is 5.78 Å². The summed E-state index contributed by atoms with van der Waals surface area (Å²) in [6.07, 6.45) is 3.47. The Bertz CT molecular complexity index is 435. The Labute approximate surface area is 97.0 Å². The van der Waals surface area contributed by atoms with Crippen LogP contribution in [0, 0.1) is 0 Å². The SMILES string of the molecule is CC.CC(=O)c1ccc(-c2ncc[nH]2)cc1.[HH]. The van der Waals surface area contributed by atoms with Crippen LogP contribution in [0.3, 0.4) is 0 Å². The quantitative estimate of drug-likeness (QED) is 0.783. The summed E-state index contributed by atoms with van der Waals surface area (Å²) in [5, 5.41) is 0. The lowest BCUT2D eigenvalue weighted by atomic mass is 10.1. The van der Waals surface area contributed by atoms with E-state index in [0.717, 1.165) is 17.0 Å². The van der Waals surface area contributed by atoms with Crippen LogP contribution in [-0.4, -0.2) is 15.8 Å². The minimum atomic E-state index is 0. The Kier molecular flexibility index (Phi) is 4.45. The molecule has 1 aromatic carbocycles. The molecule has 2 rings (SSSR count). The Balaban J connectivity index is 0.000000811. The van der Waals surface area contributed by atoms with Gasteiger partial charge in [0.1, 0.15) is 5.82 Å². The summed E-state index contributed by atoms with van der Waals surface area (Å²) in [7, 11) is 0. The standard InChI is InChI=1S/C11H10N2O.C2H6.H2/c1-8(14)9-2-4-10(5-3-9)11-12-6-7-13-11;1-2;/h2-7H,1H3,(H,12,13);1-2H3;1H. The summed E-state index contributed by atoms with van der Waals surface area (Å²) in [5.74, 6) is 0.899. The highest BCUT2D eigenvalue weighted by atomic mass is 16.1. The van der Waals surface area contributed by atoms with Crippen LogP contribution in [-0.2, 0) is 0 Å². The van der Waals surface area contributed by atoms with E-state index < -0.39 is 0 Å². The molecule has 2 aromatic rings. The number of ketones is 1. The van der Waals surface area contributed by atoms with Crippen molar-refractivity contribution < 1.29 is 6.22 Å². The van der Waals surface area contributed by atoms with E-state index in [1.165, 1.54) is 0 Å². The van der Waals surface area contributed by atoms with Crippen molar-refractivity contribution in [3.05, 3.63) is 42.2 Å². The Hall–Kier alpha value is -1.90. The molecule has 0 spiro atoms. The lowest BCUT2D eigenvalue weighted by Crippen LogP contribution is -1.91. The van der Waals surface area contributed by atoms with Crippen molar-refractivity contribution in [2.45, 2.75) is 20.8 Å². The van der Waals surface area contributed by atoms with Crippen LogP contribution in [0.25, 0.3) is 11.4 Å². The number of imidazole rings is 1. The van der Waals surface area contributed by atoms with Gasteiger partial charge in [-0.2, -0.15) is 0 Å². The molecule has 1 heterocycles. The molecule has 0 atom stereocenters. The van der Waals surface area contributed by atoms with Crippen LogP contribution in [0.4, 0.5) is 0 Å². The first-order chi connectivity index (χ1) is 7.77. The fourth-order valence-electron chi connectivity index (χ4n) is 1.29. The lowest BCUT2D eigenvalue weighted by molar-refractivity contribution is 0.101. The second kappa shape index (κ2) is 5.85. The second-order valence-electron chi connectivity index (χ2n) is 3.07. The topological polar surface area (TPSA) is 45.8 Å². The van der Waals surface area contributed by atoms with Crippen LogP contribution in [0.1, 0.15) is 32.6 Å². The third-order valence-electron chi connectivity index (χ3n) is 2.06. The summed E-state index contributed by atoms with van der Waals surface area (Å²) < 4.78 is 0. The van der Waals surface area contributed by atoms with E-state index in [-0.39, 0.29) is 7.21 Å². The number of aromatic nitrogens is 2. The molecule has 0 aliphatic carbocycles. The van der Waals surface area contributed by atoms with Gasteiger partial charge in [0.25, 0.3) is 0 Å². The smallest absolute Gasteiger partial charge is 0.159 e. The predicted octanol–water partition coefficient (Wildman–Crippen LogP) is 3.55. The largest absolute Gasteiger partial charge is 0.345 e. The first-order valence-electron chi connectivity index (χ1n) is 5.38. The zero-order valence-corrected chi connectivity index (χ0v) is 9.82. The molecule has 1 aromatic heterocycles. The summed E-state index contributed by atoms with van der Waals surface area (Å²) in [4.78, 5) is 18.1. The zero-order valence-electron chi connectivity index (χ0n) is 9.82. The molecule has 86 valence electrons. The maximum atomic E-state index is 11.0. The fourth-order valence-corrected chi connectivity index (χ4v) is 1.29. The van der Waals surface area contributed by atoms with Crippen LogP contribution in [0.5, 0.6) is 0 Å². The number of carbonyl (C=O) groups is 1. The van der Waals surface area contributed by atoms with Crippen LogP contribution < -0.4 is 0 Å². The third kappa shape index (κ3) is 2.79. The van der Waals surface area contributed by atoms with Gasteiger partial charge >= 0.3 is 0 Å². The molecule has 3 heteroatoms. The number of carbonyl (C=O) groups excluding carboxylic acids is 1. The number of hydrogen-bond donors (Lipinski definition) is 1. The molecule has 0 aliphatic rings. The van der Waals surface area contributed by atoms with Crippen molar-refractivity contribution in [1.29, 1.82) is 0 Å². The van der Waals surface area contributed by atoms with Crippen molar-refractivity contribution in [2.24, 2.45) is 0 Å². The number of rotatable bonds is 2. The van der Waals surface area contributed by atoms with Crippen molar-refractivity contribution in [3.8, 4) is 11.4 Å². The number of H-pyrrole nitrogens is 1. The molecule has 1 N–H and O–H groups in total. The van der Waals surface area contributed by atoms with E-state index in [2.05, 4.69) is 9.97 Å². The van der Waals surface area contributed by atoms with Crippen LogP contribution in [0.2, 0.25) is 0 Å². The van der Waals surface area contributed by atoms with Gasteiger partial charge in [-0.25, -0.2) is 4.98 Å². The van der Waals surface area contributed by atoms with Gasteiger partial charge in [-0.1, -0.05) is 38.1 Å². The van der Waals surface area contributed by atoms with E-state index in [1.54, 1.807) is 31.5 Å².